The number of nitrogens with two attached hydrogens (primary N) is 1. The first-order chi connectivity index (χ1) is 17.7. The first-order valence-corrected chi connectivity index (χ1v) is 12.6. The highest BCUT2D eigenvalue weighted by Gasteiger charge is 2.33. The number of aliphatic carboxylic acids is 1. The van der Waals surface area contributed by atoms with Gasteiger partial charge in [-0.3, -0.25) is 19.2 Å². The van der Waals surface area contributed by atoms with E-state index in [0.29, 0.717) is 5.56 Å². The lowest BCUT2D eigenvalue weighted by atomic mass is 10.00. The highest BCUT2D eigenvalue weighted by atomic mass is 32.1. The van der Waals surface area contributed by atoms with Crippen molar-refractivity contribution in [3.63, 3.8) is 0 Å². The number of aliphatic hydroxyl groups is 1. The summed E-state index contributed by atoms with van der Waals surface area (Å²) in [7, 11) is 0. The van der Waals surface area contributed by atoms with E-state index in [-0.39, 0.29) is 17.9 Å². The van der Waals surface area contributed by atoms with Gasteiger partial charge in [0.2, 0.25) is 23.6 Å². The van der Waals surface area contributed by atoms with Gasteiger partial charge in [-0.15, -0.1) is 0 Å². The van der Waals surface area contributed by atoms with Crippen LogP contribution in [0.25, 0.3) is 0 Å². The van der Waals surface area contributed by atoms with Crippen LogP contribution in [0.1, 0.15) is 33.3 Å². The van der Waals surface area contributed by atoms with Gasteiger partial charge in [0.05, 0.1) is 12.1 Å². The summed E-state index contributed by atoms with van der Waals surface area (Å²) in [4.78, 5) is 62.3. The predicted molar refractivity (Wildman–Crippen MR) is 141 cm³/mol. The maximum atomic E-state index is 13.2. The molecule has 1 rings (SSSR count). The third-order valence-electron chi connectivity index (χ3n) is 5.59. The number of aromatic hydroxyl groups is 1. The Hall–Kier alpha value is -3.36. The van der Waals surface area contributed by atoms with E-state index in [2.05, 4.69) is 33.9 Å². The van der Waals surface area contributed by atoms with Crippen molar-refractivity contribution in [3.05, 3.63) is 29.8 Å². The minimum atomic E-state index is -1.63. The van der Waals surface area contributed by atoms with Crippen LogP contribution >= 0.6 is 12.6 Å². The topological polar surface area (TPSA) is 220 Å². The number of rotatable bonds is 14. The largest absolute Gasteiger partial charge is 0.508 e. The second-order valence-electron chi connectivity index (χ2n) is 9.25. The number of nitrogens with one attached hydrogen (secondary N) is 4. The summed E-state index contributed by atoms with van der Waals surface area (Å²) in [5.74, 6) is -4.73. The minimum absolute atomic E-state index is 0.0158. The van der Waals surface area contributed by atoms with Crippen molar-refractivity contribution in [3.8, 4) is 5.75 Å². The van der Waals surface area contributed by atoms with Gasteiger partial charge < -0.3 is 42.3 Å². The van der Waals surface area contributed by atoms with Gasteiger partial charge in [-0.05, 0) is 37.5 Å². The number of hydrogen-bond acceptors (Lipinski definition) is 9. The first kappa shape index (κ1) is 32.7. The third-order valence-corrected chi connectivity index (χ3v) is 5.98. The van der Waals surface area contributed by atoms with E-state index in [1.165, 1.54) is 38.1 Å². The number of phenolic OH excluding ortho intramolecular Hbond substituents is 1. The Morgan fingerprint density at radius 3 is 1.87 bits per heavy atom. The van der Waals surface area contributed by atoms with Crippen molar-refractivity contribution in [2.75, 3.05) is 5.75 Å². The highest BCUT2D eigenvalue weighted by Crippen LogP contribution is 2.12. The summed E-state index contributed by atoms with van der Waals surface area (Å²) in [6.45, 7) is 5.93. The lowest BCUT2D eigenvalue weighted by Crippen LogP contribution is -2.60. The van der Waals surface area contributed by atoms with Gasteiger partial charge in [0.25, 0.3) is 0 Å². The van der Waals surface area contributed by atoms with E-state index in [9.17, 15) is 39.3 Å². The third kappa shape index (κ3) is 10.2. The van der Waals surface area contributed by atoms with Crippen LogP contribution in [0, 0.1) is 5.92 Å². The molecule has 4 amide bonds. The fourth-order valence-corrected chi connectivity index (χ4v) is 3.43. The molecule has 0 aromatic heterocycles. The number of carboxylic acid groups (broad SMARTS) is 1. The Balaban J connectivity index is 3.10. The molecule has 0 aliphatic carbocycles. The molecular formula is C24H37N5O8S. The van der Waals surface area contributed by atoms with E-state index >= 15 is 0 Å². The average molecular weight is 556 g/mol. The van der Waals surface area contributed by atoms with Gasteiger partial charge in [0.15, 0.2) is 6.04 Å². The molecule has 1 aromatic rings. The Morgan fingerprint density at radius 1 is 0.842 bits per heavy atom. The molecule has 6 atom stereocenters. The summed E-state index contributed by atoms with van der Waals surface area (Å²) in [5, 5.41) is 38.3. The molecule has 14 heteroatoms. The lowest BCUT2D eigenvalue weighted by molar-refractivity contribution is -0.145. The zero-order valence-corrected chi connectivity index (χ0v) is 22.6. The summed E-state index contributed by atoms with van der Waals surface area (Å²) >= 11 is 3.94. The Morgan fingerprint density at radius 2 is 1.39 bits per heavy atom. The van der Waals surface area contributed by atoms with Crippen molar-refractivity contribution >= 4 is 42.2 Å². The van der Waals surface area contributed by atoms with Gasteiger partial charge in [0.1, 0.15) is 23.9 Å². The number of carbonyl (C=O) groups excluding carboxylic acids is 4. The number of phenols is 1. The fraction of sp³-hybridized carbons (Fsp3) is 0.542. The van der Waals surface area contributed by atoms with Crippen LogP contribution < -0.4 is 27.0 Å². The molecule has 212 valence electrons. The van der Waals surface area contributed by atoms with Crippen molar-refractivity contribution < 1.29 is 39.3 Å². The fourth-order valence-electron chi connectivity index (χ4n) is 3.26. The van der Waals surface area contributed by atoms with Crippen LogP contribution in [0.3, 0.4) is 0 Å². The van der Waals surface area contributed by atoms with Crippen molar-refractivity contribution in [1.82, 2.24) is 21.3 Å². The lowest BCUT2D eigenvalue weighted by Gasteiger charge is -2.27. The highest BCUT2D eigenvalue weighted by molar-refractivity contribution is 7.80. The number of carbonyl (C=O) groups is 5. The van der Waals surface area contributed by atoms with E-state index in [1.807, 2.05) is 0 Å². The number of carboxylic acids is 1. The van der Waals surface area contributed by atoms with Crippen LogP contribution in [-0.2, 0) is 30.4 Å². The smallest absolute Gasteiger partial charge is 0.328 e. The zero-order valence-electron chi connectivity index (χ0n) is 21.7. The van der Waals surface area contributed by atoms with Crippen molar-refractivity contribution in [2.24, 2.45) is 11.7 Å². The van der Waals surface area contributed by atoms with Crippen LogP contribution in [0.4, 0.5) is 0 Å². The molecule has 9 N–H and O–H groups in total. The number of benzene rings is 1. The van der Waals surface area contributed by atoms with E-state index in [0.717, 1.165) is 0 Å². The van der Waals surface area contributed by atoms with Gasteiger partial charge in [-0.1, -0.05) is 26.0 Å². The van der Waals surface area contributed by atoms with Gasteiger partial charge in [-0.2, -0.15) is 12.6 Å². The molecule has 1 aromatic carbocycles. The normalized spacial score (nSPS) is 15.8. The van der Waals surface area contributed by atoms with E-state index in [4.69, 9.17) is 5.73 Å². The Labute approximate surface area is 226 Å². The van der Waals surface area contributed by atoms with Crippen LogP contribution in [-0.4, -0.2) is 87.0 Å². The number of amides is 4. The molecule has 0 bridgehead atoms. The molecule has 38 heavy (non-hydrogen) atoms. The molecule has 0 saturated heterocycles. The molecule has 0 aliphatic rings. The molecule has 0 fully saturated rings. The Bertz CT molecular complexity index is 989. The minimum Gasteiger partial charge on any atom is -0.508 e. The molecule has 13 nitrogen and oxygen atoms in total. The SMILES string of the molecule is CC(C)[C@H](NC(=O)[C@H](C)NC(=O)[C@@H](N)CS)C(=O)N[C@@H](Cc1ccc(O)cc1)C(=O)N[C@H](C(=O)O)[C@@H](C)O. The molecule has 0 saturated carbocycles. The molecule has 0 spiro atoms. The van der Waals surface area contributed by atoms with Crippen molar-refractivity contribution in [2.45, 2.75) is 70.4 Å². The average Bonchev–Trinajstić information content (AvgIpc) is 2.84. The predicted octanol–water partition coefficient (Wildman–Crippen LogP) is -1.73. The summed E-state index contributed by atoms with van der Waals surface area (Å²) in [5.41, 5.74) is 6.14. The second-order valence-corrected chi connectivity index (χ2v) is 9.61. The Kier molecular flexibility index (Phi) is 13.0. The van der Waals surface area contributed by atoms with Crippen LogP contribution in [0.5, 0.6) is 5.75 Å². The van der Waals surface area contributed by atoms with E-state index in [1.54, 1.807) is 13.8 Å². The zero-order chi connectivity index (χ0) is 29.2. The monoisotopic (exact) mass is 555 g/mol. The number of hydrogen-bond donors (Lipinski definition) is 9. The van der Waals surface area contributed by atoms with E-state index < -0.39 is 71.8 Å². The maximum Gasteiger partial charge on any atom is 0.328 e. The summed E-state index contributed by atoms with van der Waals surface area (Å²) in [6.07, 6.45) is -1.51. The van der Waals surface area contributed by atoms with Crippen LogP contribution in [0.2, 0.25) is 0 Å². The van der Waals surface area contributed by atoms with Gasteiger partial charge in [0, 0.05) is 12.2 Å². The quantitative estimate of drug-likeness (QED) is 0.119. The van der Waals surface area contributed by atoms with Gasteiger partial charge in [-0.25, -0.2) is 4.79 Å². The van der Waals surface area contributed by atoms with Crippen molar-refractivity contribution in [1.29, 1.82) is 0 Å². The number of aliphatic hydroxyl groups excluding tert-OH is 1. The number of thiol groups is 1. The molecule has 0 radical (unpaired) electrons. The molecule has 0 heterocycles. The standard InChI is InChI=1S/C24H37N5O8S/c1-11(2)18(28-20(32)12(3)26-21(33)16(25)10-38)23(35)27-17(9-14-5-7-15(31)8-6-14)22(34)29-19(13(4)30)24(36)37/h5-8,11-13,16-19,30-31,38H,9-10,25H2,1-4H3,(H,26,33)(H,27,35)(H,28,32)(H,29,34)(H,36,37)/t12-,13+,16-,17-,18-,19-/m0/s1. The maximum absolute atomic E-state index is 13.2. The van der Waals surface area contributed by atoms with Gasteiger partial charge >= 0.3 is 5.97 Å². The molecular weight excluding hydrogens is 518 g/mol. The molecule has 0 unspecified atom stereocenters. The first-order valence-electron chi connectivity index (χ1n) is 11.9. The molecule has 0 aliphatic heterocycles. The van der Waals surface area contributed by atoms with Crippen LogP contribution in [0.15, 0.2) is 24.3 Å². The summed E-state index contributed by atoms with van der Waals surface area (Å²) in [6, 6.07) is -0.189. The summed E-state index contributed by atoms with van der Waals surface area (Å²) < 4.78 is 0. The second kappa shape index (κ2) is 15.1.